The molecule has 0 saturated heterocycles. The van der Waals surface area contributed by atoms with Crippen molar-refractivity contribution < 1.29 is 0 Å². The quantitative estimate of drug-likeness (QED) is 0.928. The maximum atomic E-state index is 4.63. The van der Waals surface area contributed by atoms with Crippen LogP contribution >= 0.6 is 0 Å². The average Bonchev–Trinajstić information content (AvgIpc) is 2.36. The molecule has 4 heteroatoms. The Morgan fingerprint density at radius 3 is 2.65 bits per heavy atom. The van der Waals surface area contributed by atoms with Crippen LogP contribution in [0.1, 0.15) is 43.5 Å². The second-order valence-electron chi connectivity index (χ2n) is 6.06. The number of pyridine rings is 1. The lowest BCUT2D eigenvalue weighted by molar-refractivity contribution is 0.420. The molecule has 0 spiro atoms. The molecule has 0 aromatic carbocycles. The van der Waals surface area contributed by atoms with Crippen LogP contribution in [0.5, 0.6) is 0 Å². The van der Waals surface area contributed by atoms with Crippen molar-refractivity contribution >= 4 is 0 Å². The van der Waals surface area contributed by atoms with Crippen molar-refractivity contribution in [3.63, 3.8) is 0 Å². The fourth-order valence-corrected chi connectivity index (χ4v) is 1.91. The zero-order valence-electron chi connectivity index (χ0n) is 12.6. The molecule has 0 amide bonds. The lowest BCUT2D eigenvalue weighted by Gasteiger charge is -2.20. The minimum Gasteiger partial charge on any atom is -0.306 e. The highest BCUT2D eigenvalue weighted by atomic mass is 15.0. The highest BCUT2D eigenvalue weighted by Gasteiger charge is 2.10. The Morgan fingerprint density at radius 2 is 2.00 bits per heavy atom. The number of aromatic nitrogens is 3. The van der Waals surface area contributed by atoms with E-state index in [1.807, 2.05) is 31.3 Å². The number of nitrogens with zero attached hydrogens (tertiary/aromatic N) is 3. The molecule has 0 aliphatic rings. The molecule has 0 bridgehead atoms. The molecular formula is C16H22N4. The normalized spacial score (nSPS) is 11.6. The van der Waals surface area contributed by atoms with E-state index in [4.69, 9.17) is 0 Å². The molecule has 20 heavy (non-hydrogen) atoms. The monoisotopic (exact) mass is 270 g/mol. The molecule has 2 aromatic heterocycles. The Bertz CT molecular complexity index is 558. The van der Waals surface area contributed by atoms with Gasteiger partial charge in [0, 0.05) is 36.6 Å². The molecule has 2 aromatic rings. The number of hydrogen-bond donors (Lipinski definition) is 1. The average molecular weight is 270 g/mol. The van der Waals surface area contributed by atoms with Crippen LogP contribution in [0.15, 0.2) is 30.6 Å². The molecule has 0 saturated carbocycles. The molecule has 1 N–H and O–H groups in total. The van der Waals surface area contributed by atoms with Gasteiger partial charge in [0.15, 0.2) is 0 Å². The van der Waals surface area contributed by atoms with Crippen molar-refractivity contribution in [2.24, 2.45) is 0 Å². The Kier molecular flexibility index (Phi) is 4.45. The van der Waals surface area contributed by atoms with Crippen LogP contribution < -0.4 is 5.32 Å². The molecule has 0 aliphatic carbocycles. The van der Waals surface area contributed by atoms with Crippen LogP contribution in [-0.4, -0.2) is 20.5 Å². The summed E-state index contributed by atoms with van der Waals surface area (Å²) in [7, 11) is 0. The standard InChI is InChI=1S/C16H22N4/c1-12-8-14(11-18-16(2,3)4)20-15(19-12)9-13-6-5-7-17-10-13/h5-8,10,18H,9,11H2,1-4H3. The van der Waals surface area contributed by atoms with Gasteiger partial charge < -0.3 is 5.32 Å². The molecular weight excluding hydrogens is 248 g/mol. The van der Waals surface area contributed by atoms with Gasteiger partial charge in [-0.05, 0) is 45.4 Å². The van der Waals surface area contributed by atoms with E-state index in [2.05, 4.69) is 41.0 Å². The van der Waals surface area contributed by atoms with Crippen molar-refractivity contribution in [1.82, 2.24) is 20.3 Å². The third-order valence-corrected chi connectivity index (χ3v) is 2.84. The van der Waals surface area contributed by atoms with Gasteiger partial charge in [-0.3, -0.25) is 4.98 Å². The van der Waals surface area contributed by atoms with E-state index in [0.29, 0.717) is 0 Å². The second kappa shape index (κ2) is 6.09. The number of hydrogen-bond acceptors (Lipinski definition) is 4. The number of rotatable bonds is 4. The van der Waals surface area contributed by atoms with Crippen LogP contribution in [0.4, 0.5) is 0 Å². The predicted octanol–water partition coefficient (Wildman–Crippen LogP) is 2.66. The third-order valence-electron chi connectivity index (χ3n) is 2.84. The van der Waals surface area contributed by atoms with E-state index in [9.17, 15) is 0 Å². The topological polar surface area (TPSA) is 50.7 Å². The van der Waals surface area contributed by atoms with E-state index in [0.717, 1.165) is 35.7 Å². The van der Waals surface area contributed by atoms with Gasteiger partial charge >= 0.3 is 0 Å². The van der Waals surface area contributed by atoms with E-state index >= 15 is 0 Å². The SMILES string of the molecule is Cc1cc(CNC(C)(C)C)nc(Cc2cccnc2)n1. The summed E-state index contributed by atoms with van der Waals surface area (Å²) in [5.41, 5.74) is 3.26. The number of aryl methyl sites for hydroxylation is 1. The van der Waals surface area contributed by atoms with Gasteiger partial charge in [0.25, 0.3) is 0 Å². The molecule has 2 heterocycles. The smallest absolute Gasteiger partial charge is 0.133 e. The Morgan fingerprint density at radius 1 is 1.20 bits per heavy atom. The zero-order valence-corrected chi connectivity index (χ0v) is 12.6. The highest BCUT2D eigenvalue weighted by molar-refractivity contribution is 5.17. The molecule has 0 fully saturated rings. The summed E-state index contributed by atoms with van der Waals surface area (Å²) in [6.07, 6.45) is 4.36. The number of nitrogens with one attached hydrogen (secondary N) is 1. The fourth-order valence-electron chi connectivity index (χ4n) is 1.91. The van der Waals surface area contributed by atoms with Crippen LogP contribution in [-0.2, 0) is 13.0 Å². The largest absolute Gasteiger partial charge is 0.306 e. The van der Waals surface area contributed by atoms with Crippen LogP contribution in [0, 0.1) is 6.92 Å². The summed E-state index contributed by atoms with van der Waals surface area (Å²) >= 11 is 0. The van der Waals surface area contributed by atoms with Gasteiger partial charge in [0.2, 0.25) is 0 Å². The highest BCUT2D eigenvalue weighted by Crippen LogP contribution is 2.08. The molecule has 0 atom stereocenters. The Balaban J connectivity index is 2.12. The Hall–Kier alpha value is -1.81. The summed E-state index contributed by atoms with van der Waals surface area (Å²) in [6, 6.07) is 6.02. The lowest BCUT2D eigenvalue weighted by atomic mass is 10.1. The van der Waals surface area contributed by atoms with E-state index in [1.165, 1.54) is 0 Å². The summed E-state index contributed by atoms with van der Waals surface area (Å²) in [4.78, 5) is 13.3. The molecule has 106 valence electrons. The lowest BCUT2D eigenvalue weighted by Crippen LogP contribution is -2.35. The van der Waals surface area contributed by atoms with E-state index in [1.54, 1.807) is 6.20 Å². The van der Waals surface area contributed by atoms with Gasteiger partial charge in [-0.1, -0.05) is 6.07 Å². The van der Waals surface area contributed by atoms with Gasteiger partial charge in [-0.25, -0.2) is 9.97 Å². The fraction of sp³-hybridized carbons (Fsp3) is 0.438. The Labute approximate surface area is 120 Å². The first-order chi connectivity index (χ1) is 9.42. The van der Waals surface area contributed by atoms with E-state index < -0.39 is 0 Å². The molecule has 2 rings (SSSR count). The maximum absolute atomic E-state index is 4.63. The van der Waals surface area contributed by atoms with Crippen molar-refractivity contribution in [2.75, 3.05) is 0 Å². The first kappa shape index (κ1) is 14.6. The predicted molar refractivity (Wildman–Crippen MR) is 80.4 cm³/mol. The first-order valence-electron chi connectivity index (χ1n) is 6.90. The van der Waals surface area contributed by atoms with Gasteiger partial charge in [-0.2, -0.15) is 0 Å². The summed E-state index contributed by atoms with van der Waals surface area (Å²) in [5.74, 6) is 0.851. The summed E-state index contributed by atoms with van der Waals surface area (Å²) in [6.45, 7) is 9.22. The summed E-state index contributed by atoms with van der Waals surface area (Å²) < 4.78 is 0. The second-order valence-corrected chi connectivity index (χ2v) is 6.06. The van der Waals surface area contributed by atoms with E-state index in [-0.39, 0.29) is 5.54 Å². The van der Waals surface area contributed by atoms with Gasteiger partial charge in [-0.15, -0.1) is 0 Å². The van der Waals surface area contributed by atoms with Gasteiger partial charge in [0.05, 0.1) is 5.69 Å². The third kappa shape index (κ3) is 4.70. The minimum absolute atomic E-state index is 0.0857. The zero-order chi connectivity index (χ0) is 14.6. The molecule has 0 aliphatic heterocycles. The first-order valence-corrected chi connectivity index (χ1v) is 6.90. The van der Waals surface area contributed by atoms with Crippen molar-refractivity contribution in [3.8, 4) is 0 Å². The van der Waals surface area contributed by atoms with Gasteiger partial charge in [0.1, 0.15) is 5.82 Å². The summed E-state index contributed by atoms with van der Waals surface area (Å²) in [5, 5.41) is 3.45. The molecule has 4 nitrogen and oxygen atoms in total. The van der Waals surface area contributed by atoms with Crippen molar-refractivity contribution in [1.29, 1.82) is 0 Å². The van der Waals surface area contributed by atoms with Crippen LogP contribution in [0.2, 0.25) is 0 Å². The van der Waals surface area contributed by atoms with Crippen LogP contribution in [0.25, 0.3) is 0 Å². The van der Waals surface area contributed by atoms with Crippen molar-refractivity contribution in [2.45, 2.75) is 46.2 Å². The molecule has 0 unspecified atom stereocenters. The maximum Gasteiger partial charge on any atom is 0.133 e. The van der Waals surface area contributed by atoms with Crippen molar-refractivity contribution in [3.05, 3.63) is 53.4 Å². The van der Waals surface area contributed by atoms with Crippen LogP contribution in [0.3, 0.4) is 0 Å². The molecule has 0 radical (unpaired) electrons. The minimum atomic E-state index is 0.0857.